The molecule has 2 atom stereocenters. The maximum absolute atomic E-state index is 12.4. The Kier molecular flexibility index (Phi) is 47.2. The van der Waals surface area contributed by atoms with E-state index in [4.69, 9.17) is 4.74 Å². The molecule has 0 aliphatic rings. The van der Waals surface area contributed by atoms with Gasteiger partial charge >= 0.3 is 5.97 Å². The monoisotopic (exact) mass is 830 g/mol. The molecule has 0 aromatic carbocycles. The minimum absolute atomic E-state index is 0.0276. The van der Waals surface area contributed by atoms with E-state index >= 15 is 0 Å². The van der Waals surface area contributed by atoms with E-state index in [1.54, 1.807) is 0 Å². The van der Waals surface area contributed by atoms with Crippen molar-refractivity contribution in [3.63, 3.8) is 0 Å². The number of allylic oxidation sites excluding steroid dienone is 6. The lowest BCUT2D eigenvalue weighted by Crippen LogP contribution is -2.45. The molecule has 6 nitrogen and oxygen atoms in total. The number of unbranched alkanes of at least 4 members (excludes halogenated alkanes) is 30. The third-order valence-electron chi connectivity index (χ3n) is 11.7. The molecule has 0 aliphatic carbocycles. The van der Waals surface area contributed by atoms with Crippen molar-refractivity contribution in [1.29, 1.82) is 0 Å². The molecular formula is C53H99NO5. The van der Waals surface area contributed by atoms with Gasteiger partial charge < -0.3 is 20.3 Å². The lowest BCUT2D eigenvalue weighted by molar-refractivity contribution is -0.143. The molecule has 0 heterocycles. The summed E-state index contributed by atoms with van der Waals surface area (Å²) in [5.41, 5.74) is 0. The zero-order chi connectivity index (χ0) is 43.0. The van der Waals surface area contributed by atoms with Crippen molar-refractivity contribution < 1.29 is 24.5 Å². The zero-order valence-corrected chi connectivity index (χ0v) is 39.2. The third-order valence-corrected chi connectivity index (χ3v) is 11.7. The average Bonchev–Trinajstić information content (AvgIpc) is 3.24. The van der Waals surface area contributed by atoms with Gasteiger partial charge in [0.25, 0.3) is 0 Å². The van der Waals surface area contributed by atoms with Gasteiger partial charge in [-0.3, -0.25) is 9.59 Å². The van der Waals surface area contributed by atoms with Crippen LogP contribution < -0.4 is 5.32 Å². The molecule has 0 saturated carbocycles. The fourth-order valence-electron chi connectivity index (χ4n) is 7.65. The lowest BCUT2D eigenvalue weighted by Gasteiger charge is -2.22. The summed E-state index contributed by atoms with van der Waals surface area (Å²) < 4.78 is 5.44. The number of amides is 1. The van der Waals surface area contributed by atoms with Crippen molar-refractivity contribution in [2.45, 2.75) is 276 Å². The summed E-state index contributed by atoms with van der Waals surface area (Å²) in [6.07, 6.45) is 58.2. The maximum Gasteiger partial charge on any atom is 0.305 e. The van der Waals surface area contributed by atoms with E-state index in [-0.39, 0.29) is 18.5 Å². The molecule has 6 heteroatoms. The summed E-state index contributed by atoms with van der Waals surface area (Å²) in [6, 6.07) is -0.562. The van der Waals surface area contributed by atoms with Crippen LogP contribution in [0.3, 0.4) is 0 Å². The number of aliphatic hydroxyl groups excluding tert-OH is 2. The lowest BCUT2D eigenvalue weighted by atomic mass is 10.0. The van der Waals surface area contributed by atoms with Gasteiger partial charge in [0.1, 0.15) is 0 Å². The molecule has 0 bridgehead atoms. The van der Waals surface area contributed by atoms with Crippen LogP contribution in [0.25, 0.3) is 0 Å². The Morgan fingerprint density at radius 3 is 1.37 bits per heavy atom. The van der Waals surface area contributed by atoms with Gasteiger partial charge in [0, 0.05) is 12.8 Å². The molecule has 0 aromatic rings. The number of hydrogen-bond donors (Lipinski definition) is 3. The predicted octanol–water partition coefficient (Wildman–Crippen LogP) is 15.3. The molecule has 0 rings (SSSR count). The van der Waals surface area contributed by atoms with E-state index in [0.29, 0.717) is 25.9 Å². The van der Waals surface area contributed by atoms with E-state index < -0.39 is 12.1 Å². The van der Waals surface area contributed by atoms with Gasteiger partial charge in [0.2, 0.25) is 5.91 Å². The first-order valence-electron chi connectivity index (χ1n) is 25.7. The second-order valence-electron chi connectivity index (χ2n) is 17.5. The maximum atomic E-state index is 12.4. The van der Waals surface area contributed by atoms with Crippen molar-refractivity contribution in [2.24, 2.45) is 0 Å². The molecule has 0 radical (unpaired) electrons. The highest BCUT2D eigenvalue weighted by molar-refractivity contribution is 5.76. The van der Waals surface area contributed by atoms with Crippen molar-refractivity contribution in [3.8, 4) is 0 Å². The average molecular weight is 830 g/mol. The molecule has 2 unspecified atom stereocenters. The van der Waals surface area contributed by atoms with E-state index in [2.05, 4.69) is 55.6 Å². The van der Waals surface area contributed by atoms with Crippen LogP contribution in [0, 0.1) is 0 Å². The van der Waals surface area contributed by atoms with Crippen LogP contribution in [0.1, 0.15) is 264 Å². The molecule has 0 fully saturated rings. The Hall–Kier alpha value is -1.92. The SMILES string of the molecule is CCCC/C=C\C/C=C\CCCCCCCC(=O)OCCCCCCCC/C=C\CCCCCC(=O)NC(CO)C(O)CCCCCCCCCCCCCCCCC. The topological polar surface area (TPSA) is 95.9 Å². The van der Waals surface area contributed by atoms with Crippen molar-refractivity contribution >= 4 is 11.9 Å². The Balaban J connectivity index is 3.52. The second-order valence-corrected chi connectivity index (χ2v) is 17.5. The molecule has 1 amide bonds. The quantitative estimate of drug-likeness (QED) is 0.0323. The van der Waals surface area contributed by atoms with Crippen molar-refractivity contribution in [3.05, 3.63) is 36.5 Å². The van der Waals surface area contributed by atoms with Crippen molar-refractivity contribution in [2.75, 3.05) is 13.2 Å². The van der Waals surface area contributed by atoms with E-state index in [9.17, 15) is 19.8 Å². The van der Waals surface area contributed by atoms with E-state index in [0.717, 1.165) is 83.5 Å². The van der Waals surface area contributed by atoms with Gasteiger partial charge in [-0.05, 0) is 77.0 Å². The first kappa shape index (κ1) is 57.1. The summed E-state index contributed by atoms with van der Waals surface area (Å²) in [4.78, 5) is 24.4. The van der Waals surface area contributed by atoms with Crippen LogP contribution in [0.5, 0.6) is 0 Å². The molecule has 59 heavy (non-hydrogen) atoms. The minimum atomic E-state index is -0.682. The van der Waals surface area contributed by atoms with Crippen LogP contribution in [0.2, 0.25) is 0 Å². The summed E-state index contributed by atoms with van der Waals surface area (Å²) in [7, 11) is 0. The van der Waals surface area contributed by atoms with Crippen LogP contribution in [0.15, 0.2) is 36.5 Å². The van der Waals surface area contributed by atoms with Crippen LogP contribution >= 0.6 is 0 Å². The Morgan fingerprint density at radius 1 is 0.475 bits per heavy atom. The van der Waals surface area contributed by atoms with Crippen molar-refractivity contribution in [1.82, 2.24) is 5.32 Å². The van der Waals surface area contributed by atoms with Gasteiger partial charge in [0.05, 0.1) is 25.4 Å². The Labute approximate surface area is 366 Å². The second kappa shape index (κ2) is 48.7. The smallest absolute Gasteiger partial charge is 0.305 e. The highest BCUT2D eigenvalue weighted by atomic mass is 16.5. The van der Waals surface area contributed by atoms with Gasteiger partial charge in [-0.25, -0.2) is 0 Å². The zero-order valence-electron chi connectivity index (χ0n) is 39.2. The highest BCUT2D eigenvalue weighted by Gasteiger charge is 2.20. The summed E-state index contributed by atoms with van der Waals surface area (Å²) in [5.74, 6) is -0.0936. The fraction of sp³-hybridized carbons (Fsp3) is 0.849. The number of ether oxygens (including phenoxy) is 1. The third kappa shape index (κ3) is 45.4. The molecule has 0 spiro atoms. The summed E-state index contributed by atoms with van der Waals surface area (Å²) >= 11 is 0. The number of nitrogens with one attached hydrogen (secondary N) is 1. The predicted molar refractivity (Wildman–Crippen MR) is 255 cm³/mol. The van der Waals surface area contributed by atoms with Gasteiger partial charge in [-0.15, -0.1) is 0 Å². The van der Waals surface area contributed by atoms with Gasteiger partial charge in [0.15, 0.2) is 0 Å². The fourth-order valence-corrected chi connectivity index (χ4v) is 7.65. The number of carbonyl (C=O) groups is 2. The normalized spacial score (nSPS) is 12.9. The standard InChI is InChI=1S/C53H99NO5/c1-3-5-7-9-11-13-15-17-19-21-25-29-33-37-41-45-51(56)50(49-55)54-52(57)46-42-38-34-30-26-22-20-24-28-32-36-40-44-48-59-53(58)47-43-39-35-31-27-23-18-16-14-12-10-8-6-4-2/h10,12,16,18,22,26,50-51,55-56H,3-9,11,13-15,17,19-21,23-25,27-49H2,1-2H3,(H,54,57)/b12-10-,18-16-,26-22-. The van der Waals surface area contributed by atoms with Gasteiger partial charge in [-0.2, -0.15) is 0 Å². The molecule has 0 aromatic heterocycles. The number of aliphatic hydroxyl groups is 2. The Bertz CT molecular complexity index is 962. The molecule has 0 saturated heterocycles. The molecule has 3 N–H and O–H groups in total. The number of esters is 1. The molecule has 0 aliphatic heterocycles. The molecular weight excluding hydrogens is 731 g/mol. The van der Waals surface area contributed by atoms with E-state index in [1.807, 2.05) is 0 Å². The first-order valence-corrected chi connectivity index (χ1v) is 25.7. The number of rotatable bonds is 47. The summed E-state index contributed by atoms with van der Waals surface area (Å²) in [5, 5.41) is 23.2. The molecule has 346 valence electrons. The van der Waals surface area contributed by atoms with Crippen LogP contribution in [0.4, 0.5) is 0 Å². The Morgan fingerprint density at radius 2 is 0.864 bits per heavy atom. The summed E-state index contributed by atoms with van der Waals surface area (Å²) in [6.45, 7) is 4.86. The number of hydrogen-bond acceptors (Lipinski definition) is 5. The highest BCUT2D eigenvalue weighted by Crippen LogP contribution is 2.16. The van der Waals surface area contributed by atoms with Gasteiger partial charge in [-0.1, -0.05) is 211 Å². The van der Waals surface area contributed by atoms with E-state index in [1.165, 1.54) is 148 Å². The first-order chi connectivity index (χ1) is 29.0. The number of carbonyl (C=O) groups excluding carboxylic acids is 2. The van der Waals surface area contributed by atoms with Crippen LogP contribution in [-0.2, 0) is 14.3 Å². The largest absolute Gasteiger partial charge is 0.466 e. The van der Waals surface area contributed by atoms with Crippen LogP contribution in [-0.4, -0.2) is 47.4 Å². The minimum Gasteiger partial charge on any atom is -0.466 e.